The van der Waals surface area contributed by atoms with Gasteiger partial charge in [-0.1, -0.05) is 144 Å². The number of hydrogen-bond acceptors (Lipinski definition) is 26. The van der Waals surface area contributed by atoms with Gasteiger partial charge in [-0.2, -0.15) is 121 Å². The topological polar surface area (TPSA) is 448 Å². The molecule has 0 amide bonds. The van der Waals surface area contributed by atoms with E-state index in [9.17, 15) is 80.4 Å². The Balaban J connectivity index is 0.000000163. The molecule has 0 atom stereocenters. The van der Waals surface area contributed by atoms with Gasteiger partial charge in [-0.15, -0.1) is 0 Å². The van der Waals surface area contributed by atoms with Crippen LogP contribution in [0, 0.1) is 27.7 Å². The third kappa shape index (κ3) is 23.2. The Hall–Kier alpha value is -13.1. The van der Waals surface area contributed by atoms with E-state index in [4.69, 9.17) is 31.5 Å². The van der Waals surface area contributed by atoms with Gasteiger partial charge in [0.05, 0.1) is 79.1 Å². The minimum atomic E-state index is -4.71. The van der Waals surface area contributed by atoms with Crippen molar-refractivity contribution in [1.29, 1.82) is 0 Å². The van der Waals surface area contributed by atoms with E-state index >= 15 is 0 Å². The zero-order valence-electron chi connectivity index (χ0n) is 66.5. The summed E-state index contributed by atoms with van der Waals surface area (Å²) in [7, 11) is -16.7. The van der Waals surface area contributed by atoms with Gasteiger partial charge in [-0.25, -0.2) is 18.7 Å². The van der Waals surface area contributed by atoms with Gasteiger partial charge in [0, 0.05) is 34.4 Å². The minimum Gasteiger partial charge on any atom is -0.506 e. The number of ether oxygens (including phenoxy) is 2. The summed E-state index contributed by atoms with van der Waals surface area (Å²) < 4.78 is 206. The largest absolute Gasteiger partial charge is 0.506 e. The highest BCUT2D eigenvalue weighted by molar-refractivity contribution is 7.87. The van der Waals surface area contributed by atoms with Crippen molar-refractivity contribution in [1.82, 2.24) is 39.1 Å². The highest BCUT2D eigenvalue weighted by atomic mass is 32.2. The number of unbranched alkanes of at least 4 members (excludes halogenated alkanes) is 1. The van der Waals surface area contributed by atoms with E-state index in [-0.39, 0.29) is 44.1 Å². The van der Waals surface area contributed by atoms with Crippen molar-refractivity contribution in [2.75, 3.05) is 13.2 Å². The van der Waals surface area contributed by atoms with E-state index in [2.05, 4.69) is 39.1 Å². The first-order chi connectivity index (χ1) is 59.3. The van der Waals surface area contributed by atoms with Crippen LogP contribution in [0.4, 0.5) is 26.3 Å². The number of phenolic OH excluding ortho intramolecular Hbond substituents is 4. The zero-order chi connectivity index (χ0) is 90.3. The average molecular weight is 1800 g/mol. The number of halogens is 6. The molecule has 4 aromatic heterocycles. The predicted molar refractivity (Wildman–Crippen MR) is 447 cm³/mol. The summed E-state index contributed by atoms with van der Waals surface area (Å²) in [5.74, 6) is 18.9. The fourth-order valence-corrected chi connectivity index (χ4v) is 14.7. The van der Waals surface area contributed by atoms with Gasteiger partial charge < -0.3 is 29.9 Å². The van der Waals surface area contributed by atoms with Crippen molar-refractivity contribution in [3.63, 3.8) is 0 Å². The first kappa shape index (κ1) is 92.6. The molecule has 0 saturated heterocycles. The van der Waals surface area contributed by atoms with Gasteiger partial charge in [0.1, 0.15) is 22.1 Å². The third-order valence-corrected chi connectivity index (χ3v) is 23.2. The third-order valence-electron chi connectivity index (χ3n) is 18.7. The van der Waals surface area contributed by atoms with E-state index in [0.717, 1.165) is 127 Å². The summed E-state index contributed by atoms with van der Waals surface area (Å²) in [6.45, 7) is 8.63. The molecule has 0 saturated carbocycles. The van der Waals surface area contributed by atoms with Crippen LogP contribution in [0.15, 0.2) is 274 Å². The van der Waals surface area contributed by atoms with Crippen LogP contribution in [-0.2, 0) is 82.8 Å². The van der Waals surface area contributed by atoms with Gasteiger partial charge >= 0.3 is 52.8 Å². The second-order valence-corrected chi connectivity index (χ2v) is 33.9. The van der Waals surface area contributed by atoms with Crippen molar-refractivity contribution >= 4 is 40.5 Å². The molecule has 14 rings (SSSR count). The van der Waals surface area contributed by atoms with Gasteiger partial charge in [0.2, 0.25) is 0 Å². The van der Waals surface area contributed by atoms with Gasteiger partial charge in [-0.05, 0) is 181 Å². The van der Waals surface area contributed by atoms with E-state index in [0.29, 0.717) is 60.1 Å². The SMILES string of the molecule is Cc1ccc(-c2cc(C(F)(F)F)nn2-c2ccc(S(=O)(=O)ON)c(O)c2)cc1.Cc1ccc(-c2cc(C(F)(F)F)nn2-c2ccc(S(=O)(=O)ON)cc2O)cc1.Cc1ccc(-c2cc(CCCCOc3ccccc3O)nn2-c2ccc(S(=O)(=O)ON)cc2)cc1.Cc1ccc(-c2cc(CCCOc3ccccc3O)nn2-c2ccc(S(=O)(=O)ON)cc2)cc1. The Morgan fingerprint density at radius 1 is 0.328 bits per heavy atom. The Bertz CT molecular complexity index is 6580. The molecule has 0 spiro atoms. The van der Waals surface area contributed by atoms with E-state index in [1.807, 2.05) is 94.4 Å². The molecule has 0 radical (unpaired) electrons. The molecule has 0 aliphatic rings. The quantitative estimate of drug-likeness (QED) is 0.0135. The molecule has 12 N–H and O–H groups in total. The zero-order valence-corrected chi connectivity index (χ0v) is 69.8. The number of aromatic hydroxyl groups is 4. The Labute approximate surface area is 713 Å². The highest BCUT2D eigenvalue weighted by Gasteiger charge is 2.37. The van der Waals surface area contributed by atoms with Gasteiger partial charge in [0.15, 0.2) is 34.4 Å². The Kier molecular flexibility index (Phi) is 29.3. The van der Waals surface area contributed by atoms with Crippen molar-refractivity contribution in [2.24, 2.45) is 23.6 Å². The van der Waals surface area contributed by atoms with Crippen molar-refractivity contribution in [3.8, 4) is 102 Å². The molecule has 0 bridgehead atoms. The second kappa shape index (κ2) is 39.6. The molecule has 0 aliphatic carbocycles. The number of phenols is 4. The molecule has 10 aromatic carbocycles. The molecule has 4 heterocycles. The molecule has 14 aromatic rings. The van der Waals surface area contributed by atoms with Crippen LogP contribution in [0.3, 0.4) is 0 Å². The van der Waals surface area contributed by atoms with E-state index in [1.165, 1.54) is 30.3 Å². The van der Waals surface area contributed by atoms with Crippen LogP contribution in [0.2, 0.25) is 0 Å². The fourth-order valence-electron chi connectivity index (χ4n) is 12.2. The lowest BCUT2D eigenvalue weighted by molar-refractivity contribution is -0.142. The molecule has 0 fully saturated rings. The van der Waals surface area contributed by atoms with E-state index < -0.39 is 85.5 Å². The van der Waals surface area contributed by atoms with Crippen LogP contribution in [0.25, 0.3) is 67.8 Å². The molecular weight excluding hydrogens is 1720 g/mol. The van der Waals surface area contributed by atoms with Crippen LogP contribution in [0.1, 0.15) is 64.3 Å². The average Bonchev–Trinajstić information content (AvgIpc) is 1.66. The maximum Gasteiger partial charge on any atom is 0.435 e. The first-order valence-electron chi connectivity index (χ1n) is 37.3. The summed E-state index contributed by atoms with van der Waals surface area (Å²) >= 11 is 0. The summed E-state index contributed by atoms with van der Waals surface area (Å²) in [5.41, 5.74) is 9.68. The molecular formula is C85H80F6N12O18S4. The molecule has 30 nitrogen and oxygen atoms in total. The second-order valence-electron chi connectivity index (χ2n) is 27.7. The van der Waals surface area contributed by atoms with Gasteiger partial charge in [0.25, 0.3) is 0 Å². The smallest absolute Gasteiger partial charge is 0.435 e. The molecule has 125 heavy (non-hydrogen) atoms. The van der Waals surface area contributed by atoms with Crippen LogP contribution < -0.4 is 33.1 Å². The monoisotopic (exact) mass is 1800 g/mol. The van der Waals surface area contributed by atoms with Gasteiger partial charge in [-0.3, -0.25) is 0 Å². The normalized spacial score (nSPS) is 11.9. The van der Waals surface area contributed by atoms with Crippen molar-refractivity contribution < 1.29 is 107 Å². The van der Waals surface area contributed by atoms with E-state index in [1.54, 1.807) is 125 Å². The number of aromatic nitrogens is 8. The number of alkyl halides is 6. The van der Waals surface area contributed by atoms with Crippen molar-refractivity contribution in [3.05, 3.63) is 300 Å². The summed E-state index contributed by atoms with van der Waals surface area (Å²) in [5, 5.41) is 56.5. The number of aryl methyl sites for hydroxylation is 6. The predicted octanol–water partition coefficient (Wildman–Crippen LogP) is 15.0. The molecule has 654 valence electrons. The summed E-state index contributed by atoms with van der Waals surface area (Å²) in [4.78, 5) is -1.16. The fraction of sp³-hybridized carbons (Fsp3) is 0.153. The molecule has 0 aliphatic heterocycles. The number of hydrogen-bond donors (Lipinski definition) is 8. The number of para-hydroxylation sites is 4. The number of benzene rings is 10. The molecule has 40 heteroatoms. The maximum atomic E-state index is 13.2. The van der Waals surface area contributed by atoms with Crippen LogP contribution >= 0.6 is 0 Å². The van der Waals surface area contributed by atoms with Crippen LogP contribution in [0.5, 0.6) is 34.5 Å². The summed E-state index contributed by atoms with van der Waals surface area (Å²) in [6, 6.07) is 67.6. The number of nitrogens with zero attached hydrogens (tertiary/aromatic N) is 8. The first-order valence-corrected chi connectivity index (χ1v) is 43.0. The number of rotatable bonds is 27. The standard InChI is InChI=1S/C26H27N3O5S.C25H25N3O5S.2C17H14F3N3O4S/c1-19-9-11-20(12-10-19)24-18-21(6-4-5-17-33-26-8-3-2-7-25(26)30)28-29(24)22-13-15-23(16-14-22)35(31,32)34-27;1-18-8-10-19(11-9-18)23-17-20(5-4-16-32-25-7-3-2-6-24(25)29)27-28(23)21-12-14-22(15-13-21)34(30,31)33-26;1-10-2-4-11(5-3-10)13-9-16(17(18,19)20)22-23(13)12-6-7-15(14(24)8-12)28(25,26)27-21;1-10-2-4-11(5-3-10)14-9-16(17(18,19)20)22-23(14)13-7-6-12(8-15(13)24)28(25,26)27-21/h2-3,7-16,18,30H,4-6,17,27H2,1H3;2-3,6-15,17,29H,4-5,16,26H2,1H3;2*2-9,24H,21H2,1H3. The molecule has 0 unspecified atom stereocenters. The number of nitrogens with two attached hydrogens (primary N) is 4. The highest BCUT2D eigenvalue weighted by Crippen LogP contribution is 2.39. The summed E-state index contributed by atoms with van der Waals surface area (Å²) in [6.07, 6.45) is -5.66. The van der Waals surface area contributed by atoms with Crippen molar-refractivity contribution in [2.45, 2.75) is 91.7 Å². The Morgan fingerprint density at radius 2 is 0.664 bits per heavy atom. The Morgan fingerprint density at radius 3 is 1.04 bits per heavy atom. The lowest BCUT2D eigenvalue weighted by atomic mass is 10.1. The lowest BCUT2D eigenvalue weighted by Crippen LogP contribution is -2.12. The maximum absolute atomic E-state index is 13.2. The van der Waals surface area contributed by atoms with Crippen LogP contribution in [-0.4, -0.2) is 106 Å². The lowest BCUT2D eigenvalue weighted by Gasteiger charge is -2.11. The minimum absolute atomic E-state index is 0.0135.